The number of carbonyl (C=O) groups excluding carboxylic acids is 2. The van der Waals surface area contributed by atoms with Gasteiger partial charge >= 0.3 is 0 Å². The van der Waals surface area contributed by atoms with Gasteiger partial charge in [0.25, 0.3) is 0 Å². The minimum absolute atomic E-state index is 0.00250. The molecule has 1 aromatic rings. The van der Waals surface area contributed by atoms with E-state index in [2.05, 4.69) is 4.98 Å². The smallest absolute Gasteiger partial charge is 0.248 e. The van der Waals surface area contributed by atoms with Gasteiger partial charge in [0.05, 0.1) is 22.7 Å². The summed E-state index contributed by atoms with van der Waals surface area (Å²) in [6.07, 6.45) is 2.58. The molecule has 3 rings (SSSR count). The summed E-state index contributed by atoms with van der Waals surface area (Å²) in [5, 5.41) is 3.04. The van der Waals surface area contributed by atoms with Gasteiger partial charge in [0.1, 0.15) is 6.61 Å². The number of piperidine rings is 1. The van der Waals surface area contributed by atoms with Crippen molar-refractivity contribution in [1.82, 2.24) is 14.8 Å². The average molecular weight is 351 g/mol. The van der Waals surface area contributed by atoms with Crippen LogP contribution in [0.4, 0.5) is 0 Å². The summed E-state index contributed by atoms with van der Waals surface area (Å²) < 4.78 is 5.24. The molecule has 2 amide bonds. The Balaban J connectivity index is 1.65. The normalized spacial score (nSPS) is 24.2. The molecule has 1 aromatic heterocycles. The van der Waals surface area contributed by atoms with Crippen LogP contribution in [0.2, 0.25) is 0 Å². The number of ether oxygens (including phenoxy) is 1. The first-order valence-electron chi connectivity index (χ1n) is 8.60. The first-order valence-corrected chi connectivity index (χ1v) is 9.48. The summed E-state index contributed by atoms with van der Waals surface area (Å²) in [4.78, 5) is 33.4. The number of aromatic nitrogens is 1. The Morgan fingerprint density at radius 3 is 2.96 bits per heavy atom. The van der Waals surface area contributed by atoms with Crippen LogP contribution < -0.4 is 0 Å². The molecule has 132 valence electrons. The Bertz CT molecular complexity index is 618. The molecule has 2 fully saturated rings. The fourth-order valence-electron chi connectivity index (χ4n) is 3.72. The molecule has 0 saturated carbocycles. The molecule has 0 N–H and O–H groups in total. The van der Waals surface area contributed by atoms with Gasteiger partial charge in [-0.1, -0.05) is 0 Å². The van der Waals surface area contributed by atoms with Crippen molar-refractivity contribution in [3.8, 4) is 0 Å². The zero-order chi connectivity index (χ0) is 17.2. The molecule has 0 aliphatic carbocycles. The van der Waals surface area contributed by atoms with E-state index in [0.717, 1.165) is 43.1 Å². The van der Waals surface area contributed by atoms with Crippen LogP contribution in [-0.2, 0) is 20.9 Å². The molecular weight excluding hydrogens is 326 g/mol. The SMILES string of the molecule is CCOCC(=O)N1CCCC2(CCN(Cc3csc(C)n3)C2=O)C1. The Labute approximate surface area is 146 Å². The van der Waals surface area contributed by atoms with E-state index >= 15 is 0 Å². The quantitative estimate of drug-likeness (QED) is 0.812. The number of aryl methyl sites for hydroxylation is 1. The summed E-state index contributed by atoms with van der Waals surface area (Å²) in [7, 11) is 0. The van der Waals surface area contributed by atoms with Crippen molar-refractivity contribution in [1.29, 1.82) is 0 Å². The summed E-state index contributed by atoms with van der Waals surface area (Å²) >= 11 is 1.61. The van der Waals surface area contributed by atoms with Crippen molar-refractivity contribution in [2.75, 3.05) is 32.8 Å². The number of thiazole rings is 1. The number of hydrogen-bond acceptors (Lipinski definition) is 5. The predicted molar refractivity (Wildman–Crippen MR) is 91.6 cm³/mol. The topological polar surface area (TPSA) is 62.7 Å². The standard InChI is InChI=1S/C17H25N3O3S/c1-3-23-10-15(21)20-7-4-5-17(12-20)6-8-19(16(17)22)9-14-11-24-13(2)18-14/h11H,3-10,12H2,1-2H3. The van der Waals surface area contributed by atoms with Crippen LogP contribution >= 0.6 is 11.3 Å². The minimum atomic E-state index is -0.398. The third-order valence-electron chi connectivity index (χ3n) is 4.98. The largest absolute Gasteiger partial charge is 0.372 e. The monoisotopic (exact) mass is 351 g/mol. The van der Waals surface area contributed by atoms with E-state index in [1.807, 2.05) is 29.0 Å². The fourth-order valence-corrected chi connectivity index (χ4v) is 4.33. The van der Waals surface area contributed by atoms with Crippen molar-refractivity contribution >= 4 is 23.2 Å². The lowest BCUT2D eigenvalue weighted by Gasteiger charge is -2.39. The Morgan fingerprint density at radius 2 is 2.25 bits per heavy atom. The molecular formula is C17H25N3O3S. The number of carbonyl (C=O) groups is 2. The third kappa shape index (κ3) is 3.47. The minimum Gasteiger partial charge on any atom is -0.372 e. The van der Waals surface area contributed by atoms with Crippen molar-refractivity contribution in [3.05, 3.63) is 16.1 Å². The van der Waals surface area contributed by atoms with Gasteiger partial charge < -0.3 is 14.5 Å². The van der Waals surface area contributed by atoms with Crippen molar-refractivity contribution < 1.29 is 14.3 Å². The second-order valence-electron chi connectivity index (χ2n) is 6.67. The molecule has 1 spiro atoms. The molecule has 1 unspecified atom stereocenters. The van der Waals surface area contributed by atoms with Gasteiger partial charge in [-0.05, 0) is 33.1 Å². The van der Waals surface area contributed by atoms with Gasteiger partial charge in [-0.15, -0.1) is 11.3 Å². The third-order valence-corrected chi connectivity index (χ3v) is 5.80. The molecule has 24 heavy (non-hydrogen) atoms. The summed E-state index contributed by atoms with van der Waals surface area (Å²) in [5.74, 6) is 0.180. The van der Waals surface area contributed by atoms with E-state index in [-0.39, 0.29) is 18.4 Å². The molecule has 1 atom stereocenters. The van der Waals surface area contributed by atoms with Crippen molar-refractivity contribution in [2.24, 2.45) is 5.41 Å². The van der Waals surface area contributed by atoms with Crippen molar-refractivity contribution in [3.63, 3.8) is 0 Å². The van der Waals surface area contributed by atoms with Gasteiger partial charge in [-0.3, -0.25) is 9.59 Å². The highest BCUT2D eigenvalue weighted by molar-refractivity contribution is 7.09. The number of likely N-dealkylation sites (tertiary alicyclic amines) is 2. The van der Waals surface area contributed by atoms with Crippen LogP contribution in [0, 0.1) is 12.3 Å². The van der Waals surface area contributed by atoms with Gasteiger partial charge in [-0.2, -0.15) is 0 Å². The number of rotatable bonds is 5. The second kappa shape index (κ2) is 7.19. The molecule has 7 heteroatoms. The van der Waals surface area contributed by atoms with Crippen LogP contribution in [0.25, 0.3) is 0 Å². The van der Waals surface area contributed by atoms with Crippen LogP contribution in [-0.4, -0.2) is 59.4 Å². The Hall–Kier alpha value is -1.47. The molecule has 0 radical (unpaired) electrons. The summed E-state index contributed by atoms with van der Waals surface area (Å²) in [6.45, 7) is 7.10. The van der Waals surface area contributed by atoms with Crippen LogP contribution in [0.5, 0.6) is 0 Å². The van der Waals surface area contributed by atoms with Gasteiger partial charge in [0.15, 0.2) is 0 Å². The molecule has 2 saturated heterocycles. The van der Waals surface area contributed by atoms with Crippen molar-refractivity contribution in [2.45, 2.75) is 39.7 Å². The summed E-state index contributed by atoms with van der Waals surface area (Å²) in [5.41, 5.74) is 0.563. The maximum absolute atomic E-state index is 13.0. The average Bonchev–Trinajstić information content (AvgIpc) is 3.12. The highest BCUT2D eigenvalue weighted by Crippen LogP contribution is 2.40. The van der Waals surface area contributed by atoms with Crippen LogP contribution in [0.3, 0.4) is 0 Å². The zero-order valence-corrected chi connectivity index (χ0v) is 15.2. The number of nitrogens with zero attached hydrogens (tertiary/aromatic N) is 3. The van der Waals surface area contributed by atoms with E-state index < -0.39 is 5.41 Å². The van der Waals surface area contributed by atoms with Crippen LogP contribution in [0.15, 0.2) is 5.38 Å². The van der Waals surface area contributed by atoms with Gasteiger partial charge in [0, 0.05) is 31.6 Å². The Morgan fingerprint density at radius 1 is 1.42 bits per heavy atom. The number of hydrogen-bond donors (Lipinski definition) is 0. The lowest BCUT2D eigenvalue weighted by molar-refractivity contribution is -0.146. The van der Waals surface area contributed by atoms with Crippen LogP contribution in [0.1, 0.15) is 36.9 Å². The lowest BCUT2D eigenvalue weighted by atomic mass is 9.78. The second-order valence-corrected chi connectivity index (χ2v) is 7.73. The molecule has 0 bridgehead atoms. The summed E-state index contributed by atoms with van der Waals surface area (Å²) in [6, 6.07) is 0. The highest BCUT2D eigenvalue weighted by atomic mass is 32.1. The molecule has 6 nitrogen and oxygen atoms in total. The van der Waals surface area contributed by atoms with E-state index in [1.54, 1.807) is 11.3 Å². The molecule has 0 aromatic carbocycles. The molecule has 2 aliphatic rings. The maximum Gasteiger partial charge on any atom is 0.248 e. The first kappa shape index (κ1) is 17.4. The zero-order valence-electron chi connectivity index (χ0n) is 14.4. The number of amides is 2. The predicted octanol–water partition coefficient (Wildman–Crippen LogP) is 1.83. The Kier molecular flexibility index (Phi) is 5.20. The van der Waals surface area contributed by atoms with E-state index in [9.17, 15) is 9.59 Å². The van der Waals surface area contributed by atoms with E-state index in [4.69, 9.17) is 4.74 Å². The highest BCUT2D eigenvalue weighted by Gasteiger charge is 2.49. The van der Waals surface area contributed by atoms with E-state index in [1.165, 1.54) is 0 Å². The maximum atomic E-state index is 13.0. The molecule has 3 heterocycles. The fraction of sp³-hybridized carbons (Fsp3) is 0.706. The van der Waals surface area contributed by atoms with Gasteiger partial charge in [0.2, 0.25) is 11.8 Å². The van der Waals surface area contributed by atoms with Gasteiger partial charge in [-0.25, -0.2) is 4.98 Å². The lowest BCUT2D eigenvalue weighted by Crippen LogP contribution is -2.50. The first-order chi connectivity index (χ1) is 11.5. The molecule has 2 aliphatic heterocycles. The van der Waals surface area contributed by atoms with E-state index in [0.29, 0.717) is 19.7 Å².